The number of anilines is 1. The van der Waals surface area contributed by atoms with E-state index >= 15 is 0 Å². The zero-order chi connectivity index (χ0) is 10.8. The number of halogens is 2. The van der Waals surface area contributed by atoms with Gasteiger partial charge >= 0.3 is 0 Å². The van der Waals surface area contributed by atoms with Crippen LogP contribution in [0.3, 0.4) is 0 Å². The third kappa shape index (κ3) is 2.13. The second kappa shape index (κ2) is 4.21. The van der Waals surface area contributed by atoms with E-state index in [0.717, 1.165) is 15.6 Å². The zero-order valence-electron chi connectivity index (χ0n) is 7.74. The normalized spacial score (nSPS) is 10.3. The van der Waals surface area contributed by atoms with Gasteiger partial charge in [0, 0.05) is 21.9 Å². The van der Waals surface area contributed by atoms with Crippen molar-refractivity contribution in [2.24, 2.45) is 0 Å². The number of nitrogen functional groups attached to an aromatic ring is 1. The van der Waals surface area contributed by atoms with Crippen molar-refractivity contribution in [3.05, 3.63) is 46.2 Å². The van der Waals surface area contributed by atoms with E-state index in [2.05, 4.69) is 20.9 Å². The molecule has 0 aliphatic rings. The summed E-state index contributed by atoms with van der Waals surface area (Å²) in [6, 6.07) is 9.53. The molecule has 4 heteroatoms. The monoisotopic (exact) mass is 282 g/mol. The largest absolute Gasteiger partial charge is 0.398 e. The molecule has 0 aliphatic carbocycles. The van der Waals surface area contributed by atoms with Gasteiger partial charge in [0.2, 0.25) is 0 Å². The summed E-state index contributed by atoms with van der Waals surface area (Å²) < 4.78 is 0.985. The Morgan fingerprint density at radius 3 is 2.73 bits per heavy atom. The van der Waals surface area contributed by atoms with E-state index in [-0.39, 0.29) is 0 Å². The van der Waals surface area contributed by atoms with E-state index in [0.29, 0.717) is 10.8 Å². The average Bonchev–Trinajstić information content (AvgIpc) is 2.17. The van der Waals surface area contributed by atoms with Crippen LogP contribution in [-0.2, 0) is 0 Å². The number of aromatic nitrogens is 1. The van der Waals surface area contributed by atoms with Crippen molar-refractivity contribution in [2.45, 2.75) is 0 Å². The number of hydrogen-bond acceptors (Lipinski definition) is 2. The van der Waals surface area contributed by atoms with Crippen LogP contribution in [0, 0.1) is 0 Å². The highest BCUT2D eigenvalue weighted by Crippen LogP contribution is 2.32. The maximum atomic E-state index is 6.01. The molecule has 0 saturated carbocycles. The summed E-state index contributed by atoms with van der Waals surface area (Å²) >= 11 is 9.41. The van der Waals surface area contributed by atoms with Crippen LogP contribution in [0.2, 0.25) is 5.15 Å². The van der Waals surface area contributed by atoms with Crippen LogP contribution in [0.15, 0.2) is 41.0 Å². The zero-order valence-corrected chi connectivity index (χ0v) is 10.1. The van der Waals surface area contributed by atoms with Gasteiger partial charge in [-0.05, 0) is 23.8 Å². The van der Waals surface area contributed by atoms with Gasteiger partial charge in [0.05, 0.1) is 0 Å². The Bertz CT molecular complexity index is 479. The molecule has 1 heterocycles. The van der Waals surface area contributed by atoms with E-state index in [4.69, 9.17) is 17.3 Å². The summed E-state index contributed by atoms with van der Waals surface area (Å²) in [6.07, 6.45) is 1.60. The fourth-order valence-corrected chi connectivity index (χ4v) is 2.05. The third-order valence-corrected chi connectivity index (χ3v) is 2.83. The van der Waals surface area contributed by atoms with Gasteiger partial charge in [-0.1, -0.05) is 39.7 Å². The van der Waals surface area contributed by atoms with Gasteiger partial charge in [-0.15, -0.1) is 0 Å². The average molecular weight is 284 g/mol. The summed E-state index contributed by atoms with van der Waals surface area (Å²) in [4.78, 5) is 4.02. The minimum Gasteiger partial charge on any atom is -0.398 e. The van der Waals surface area contributed by atoms with E-state index in [1.54, 1.807) is 12.3 Å². The first kappa shape index (κ1) is 10.5. The minimum absolute atomic E-state index is 0.424. The van der Waals surface area contributed by atoms with Crippen LogP contribution >= 0.6 is 27.5 Å². The Balaban J connectivity index is 2.63. The quantitative estimate of drug-likeness (QED) is 0.810. The van der Waals surface area contributed by atoms with E-state index < -0.39 is 0 Å². The smallest absolute Gasteiger partial charge is 0.138 e. The molecule has 0 fully saturated rings. The lowest BCUT2D eigenvalue weighted by molar-refractivity contribution is 1.33. The number of nitrogens with two attached hydrogens (primary N) is 1. The van der Waals surface area contributed by atoms with Crippen molar-refractivity contribution in [1.29, 1.82) is 0 Å². The van der Waals surface area contributed by atoms with Crippen molar-refractivity contribution in [1.82, 2.24) is 4.98 Å². The van der Waals surface area contributed by atoms with Crippen LogP contribution in [0.4, 0.5) is 5.69 Å². The molecular formula is C11H8BrClN2. The molecule has 1 aromatic carbocycles. The molecule has 2 rings (SSSR count). The van der Waals surface area contributed by atoms with Gasteiger partial charge in [0.15, 0.2) is 0 Å². The predicted octanol–water partition coefficient (Wildman–Crippen LogP) is 3.75. The summed E-state index contributed by atoms with van der Waals surface area (Å²) in [5.41, 5.74) is 8.23. The molecule has 1 aromatic heterocycles. The Hall–Kier alpha value is -1.06. The SMILES string of the molecule is Nc1ccnc(Cl)c1-c1cccc(Br)c1. The molecule has 0 atom stereocenters. The molecule has 2 aromatic rings. The molecule has 0 aliphatic heterocycles. The van der Waals surface area contributed by atoms with Crippen molar-refractivity contribution in [3.8, 4) is 11.1 Å². The second-order valence-electron chi connectivity index (χ2n) is 3.08. The first-order valence-corrected chi connectivity index (χ1v) is 5.51. The van der Waals surface area contributed by atoms with E-state index in [9.17, 15) is 0 Å². The first-order chi connectivity index (χ1) is 7.18. The minimum atomic E-state index is 0.424. The van der Waals surface area contributed by atoms with E-state index in [1.807, 2.05) is 24.3 Å². The van der Waals surface area contributed by atoms with Gasteiger partial charge in [-0.3, -0.25) is 0 Å². The van der Waals surface area contributed by atoms with Gasteiger partial charge in [-0.25, -0.2) is 4.98 Å². The maximum Gasteiger partial charge on any atom is 0.138 e. The van der Waals surface area contributed by atoms with Gasteiger partial charge in [0.1, 0.15) is 5.15 Å². The number of pyridine rings is 1. The second-order valence-corrected chi connectivity index (χ2v) is 4.35. The summed E-state index contributed by atoms with van der Waals surface area (Å²) in [5, 5.41) is 0.424. The Kier molecular flexibility index (Phi) is 2.93. The number of nitrogens with zero attached hydrogens (tertiary/aromatic N) is 1. The highest BCUT2D eigenvalue weighted by Gasteiger charge is 2.08. The molecule has 76 valence electrons. The summed E-state index contributed by atoms with van der Waals surface area (Å²) in [5.74, 6) is 0. The number of benzene rings is 1. The molecule has 2 N–H and O–H groups in total. The fourth-order valence-electron chi connectivity index (χ4n) is 1.38. The molecule has 0 spiro atoms. The maximum absolute atomic E-state index is 6.01. The van der Waals surface area contributed by atoms with Crippen LogP contribution < -0.4 is 5.73 Å². The van der Waals surface area contributed by atoms with Crippen molar-refractivity contribution >= 4 is 33.2 Å². The topological polar surface area (TPSA) is 38.9 Å². The third-order valence-electron chi connectivity index (χ3n) is 2.05. The first-order valence-electron chi connectivity index (χ1n) is 4.34. The standard InChI is InChI=1S/C11H8BrClN2/c12-8-3-1-2-7(6-8)10-9(14)4-5-15-11(10)13/h1-6H,(H2,14,15). The predicted molar refractivity (Wildman–Crippen MR) is 66.8 cm³/mol. The lowest BCUT2D eigenvalue weighted by Gasteiger charge is -2.07. The molecule has 0 radical (unpaired) electrons. The lowest BCUT2D eigenvalue weighted by atomic mass is 10.1. The van der Waals surface area contributed by atoms with Gasteiger partial charge in [-0.2, -0.15) is 0 Å². The Labute approximate surface area is 101 Å². The van der Waals surface area contributed by atoms with Crippen molar-refractivity contribution < 1.29 is 0 Å². The molecule has 0 bridgehead atoms. The van der Waals surface area contributed by atoms with E-state index in [1.165, 1.54) is 0 Å². The number of rotatable bonds is 1. The molecule has 0 unspecified atom stereocenters. The van der Waals surface area contributed by atoms with Crippen LogP contribution in [0.25, 0.3) is 11.1 Å². The molecule has 0 amide bonds. The Morgan fingerprint density at radius 1 is 1.27 bits per heavy atom. The number of hydrogen-bond donors (Lipinski definition) is 1. The Morgan fingerprint density at radius 2 is 2.07 bits per heavy atom. The van der Waals surface area contributed by atoms with Crippen LogP contribution in [-0.4, -0.2) is 4.98 Å². The lowest BCUT2D eigenvalue weighted by Crippen LogP contribution is -1.92. The van der Waals surface area contributed by atoms with Crippen LogP contribution in [0.5, 0.6) is 0 Å². The summed E-state index contributed by atoms with van der Waals surface area (Å²) in [7, 11) is 0. The fraction of sp³-hybridized carbons (Fsp3) is 0. The molecular weight excluding hydrogens is 275 g/mol. The highest BCUT2D eigenvalue weighted by molar-refractivity contribution is 9.10. The highest BCUT2D eigenvalue weighted by atomic mass is 79.9. The van der Waals surface area contributed by atoms with Gasteiger partial charge < -0.3 is 5.73 Å². The molecule has 15 heavy (non-hydrogen) atoms. The molecule has 2 nitrogen and oxygen atoms in total. The van der Waals surface area contributed by atoms with Crippen molar-refractivity contribution in [2.75, 3.05) is 5.73 Å². The van der Waals surface area contributed by atoms with Crippen LogP contribution in [0.1, 0.15) is 0 Å². The van der Waals surface area contributed by atoms with Crippen molar-refractivity contribution in [3.63, 3.8) is 0 Å². The molecule has 0 saturated heterocycles. The summed E-state index contributed by atoms with van der Waals surface area (Å²) in [6.45, 7) is 0. The van der Waals surface area contributed by atoms with Gasteiger partial charge in [0.25, 0.3) is 0 Å².